The van der Waals surface area contributed by atoms with Crippen LogP contribution < -0.4 is 16.0 Å². The van der Waals surface area contributed by atoms with Gasteiger partial charge < -0.3 is 20.5 Å². The second kappa shape index (κ2) is 11.1. The van der Waals surface area contributed by atoms with Gasteiger partial charge in [-0.25, -0.2) is 9.79 Å². The molecule has 0 heterocycles. The van der Waals surface area contributed by atoms with Crippen LogP contribution in [-0.2, 0) is 17.7 Å². The maximum absolute atomic E-state index is 11.8. The van der Waals surface area contributed by atoms with Gasteiger partial charge in [-0.3, -0.25) is 5.32 Å². The van der Waals surface area contributed by atoms with Gasteiger partial charge in [-0.2, -0.15) is 0 Å². The molecule has 0 atom stereocenters. The lowest BCUT2D eigenvalue weighted by atomic mass is 10.1. The van der Waals surface area contributed by atoms with Crippen LogP contribution in [0.4, 0.5) is 10.5 Å². The normalized spacial score (nSPS) is 11.7. The van der Waals surface area contributed by atoms with E-state index in [0.717, 1.165) is 30.1 Å². The second-order valence-electron chi connectivity index (χ2n) is 7.87. The highest BCUT2D eigenvalue weighted by atomic mass is 16.6. The van der Waals surface area contributed by atoms with E-state index in [0.29, 0.717) is 18.8 Å². The van der Waals surface area contributed by atoms with Gasteiger partial charge in [0.2, 0.25) is 0 Å². The minimum Gasteiger partial charge on any atom is -0.508 e. The Kier molecular flexibility index (Phi) is 8.53. The summed E-state index contributed by atoms with van der Waals surface area (Å²) in [7, 11) is 0. The first-order valence-electron chi connectivity index (χ1n) is 10.1. The molecule has 0 saturated heterocycles. The standard InChI is InChI=1S/C23H32N4O3/c1-5-24-21(26-16-18-7-6-8-20(28)15-18)25-14-13-17-9-11-19(12-10-17)27-22(29)30-23(2,3)4/h6-12,15,28H,5,13-14,16H2,1-4H3,(H,27,29)(H2,24,25,26). The Balaban J connectivity index is 1.83. The quantitative estimate of drug-likeness (QED) is 0.407. The zero-order valence-electron chi connectivity index (χ0n) is 18.2. The number of hydrogen-bond donors (Lipinski definition) is 4. The zero-order chi connectivity index (χ0) is 22.0. The van der Waals surface area contributed by atoms with Gasteiger partial charge in [0.05, 0.1) is 6.54 Å². The molecule has 0 radical (unpaired) electrons. The molecule has 0 aliphatic rings. The third-order valence-electron chi connectivity index (χ3n) is 3.98. The molecule has 30 heavy (non-hydrogen) atoms. The van der Waals surface area contributed by atoms with Gasteiger partial charge >= 0.3 is 6.09 Å². The fourth-order valence-electron chi connectivity index (χ4n) is 2.67. The van der Waals surface area contributed by atoms with Crippen molar-refractivity contribution in [1.29, 1.82) is 0 Å². The lowest BCUT2D eigenvalue weighted by molar-refractivity contribution is 0.0636. The molecular formula is C23H32N4O3. The molecule has 0 bridgehead atoms. The summed E-state index contributed by atoms with van der Waals surface area (Å²) < 4.78 is 5.25. The fraction of sp³-hybridized carbons (Fsp3) is 0.391. The van der Waals surface area contributed by atoms with Gasteiger partial charge in [-0.15, -0.1) is 0 Å². The van der Waals surface area contributed by atoms with Crippen LogP contribution in [-0.4, -0.2) is 35.8 Å². The number of nitrogens with one attached hydrogen (secondary N) is 3. The first kappa shape index (κ1) is 23.1. The molecule has 0 saturated carbocycles. The highest BCUT2D eigenvalue weighted by Gasteiger charge is 2.16. The van der Waals surface area contributed by atoms with E-state index in [1.54, 1.807) is 12.1 Å². The van der Waals surface area contributed by atoms with Crippen LogP contribution in [0.2, 0.25) is 0 Å². The van der Waals surface area contributed by atoms with Crippen LogP contribution in [0.15, 0.2) is 53.5 Å². The van der Waals surface area contributed by atoms with E-state index >= 15 is 0 Å². The van der Waals surface area contributed by atoms with E-state index < -0.39 is 11.7 Å². The molecule has 0 aromatic heterocycles. The van der Waals surface area contributed by atoms with Crippen molar-refractivity contribution in [2.75, 3.05) is 18.4 Å². The molecule has 162 valence electrons. The lowest BCUT2D eigenvalue weighted by Crippen LogP contribution is -2.38. The average molecular weight is 413 g/mol. The number of guanidine groups is 1. The third-order valence-corrected chi connectivity index (χ3v) is 3.98. The van der Waals surface area contributed by atoms with Crippen LogP contribution in [0.5, 0.6) is 5.75 Å². The summed E-state index contributed by atoms with van der Waals surface area (Å²) in [4.78, 5) is 16.4. The topological polar surface area (TPSA) is 95.0 Å². The molecule has 0 aliphatic heterocycles. The van der Waals surface area contributed by atoms with Gasteiger partial charge in [0.1, 0.15) is 11.4 Å². The Labute approximate surface area is 178 Å². The smallest absolute Gasteiger partial charge is 0.412 e. The highest BCUT2D eigenvalue weighted by Crippen LogP contribution is 2.13. The maximum Gasteiger partial charge on any atom is 0.412 e. The minimum absolute atomic E-state index is 0.241. The number of rotatable bonds is 7. The molecule has 0 spiro atoms. The minimum atomic E-state index is -0.525. The maximum atomic E-state index is 11.8. The summed E-state index contributed by atoms with van der Waals surface area (Å²) in [5.41, 5.74) is 2.26. The third kappa shape index (κ3) is 8.86. The van der Waals surface area contributed by atoms with E-state index in [1.807, 2.05) is 64.1 Å². The van der Waals surface area contributed by atoms with Gasteiger partial charge in [0.15, 0.2) is 5.96 Å². The summed E-state index contributed by atoms with van der Waals surface area (Å²) >= 11 is 0. The second-order valence-corrected chi connectivity index (χ2v) is 7.87. The Morgan fingerprint density at radius 3 is 2.43 bits per heavy atom. The highest BCUT2D eigenvalue weighted by molar-refractivity contribution is 5.84. The molecule has 2 aromatic carbocycles. The van der Waals surface area contributed by atoms with E-state index in [4.69, 9.17) is 4.74 Å². The summed E-state index contributed by atoms with van der Waals surface area (Å²) in [5, 5.41) is 18.8. The molecule has 7 nitrogen and oxygen atoms in total. The Morgan fingerprint density at radius 2 is 1.80 bits per heavy atom. The SMILES string of the molecule is CCNC(=NCc1cccc(O)c1)NCCc1ccc(NC(=O)OC(C)(C)C)cc1. The van der Waals surface area contributed by atoms with Gasteiger partial charge in [-0.05, 0) is 69.5 Å². The summed E-state index contributed by atoms with van der Waals surface area (Å²) in [6, 6.07) is 14.8. The van der Waals surface area contributed by atoms with Crippen molar-refractivity contribution in [3.63, 3.8) is 0 Å². The number of anilines is 1. The number of phenols is 1. The molecule has 0 aliphatic carbocycles. The van der Waals surface area contributed by atoms with E-state index in [2.05, 4.69) is 20.9 Å². The van der Waals surface area contributed by atoms with Gasteiger partial charge in [-0.1, -0.05) is 24.3 Å². The fourth-order valence-corrected chi connectivity index (χ4v) is 2.67. The van der Waals surface area contributed by atoms with Gasteiger partial charge in [0.25, 0.3) is 0 Å². The van der Waals surface area contributed by atoms with Crippen molar-refractivity contribution in [2.45, 2.75) is 46.3 Å². The van der Waals surface area contributed by atoms with E-state index in [1.165, 1.54) is 0 Å². The monoisotopic (exact) mass is 412 g/mol. The van der Waals surface area contributed by atoms with Crippen molar-refractivity contribution in [3.05, 3.63) is 59.7 Å². The van der Waals surface area contributed by atoms with Crippen LogP contribution in [0.25, 0.3) is 0 Å². The molecule has 4 N–H and O–H groups in total. The van der Waals surface area contributed by atoms with Crippen LogP contribution >= 0.6 is 0 Å². The molecule has 2 rings (SSSR count). The van der Waals surface area contributed by atoms with Gasteiger partial charge in [0, 0.05) is 18.8 Å². The van der Waals surface area contributed by atoms with Crippen molar-refractivity contribution in [2.24, 2.45) is 4.99 Å². The Hall–Kier alpha value is -3.22. The largest absolute Gasteiger partial charge is 0.508 e. The predicted octanol–water partition coefficient (Wildman–Crippen LogP) is 4.04. The molecule has 1 amide bonds. The van der Waals surface area contributed by atoms with Crippen LogP contribution in [0.3, 0.4) is 0 Å². The number of carbonyl (C=O) groups excluding carboxylic acids is 1. The predicted molar refractivity (Wildman–Crippen MR) is 121 cm³/mol. The number of aliphatic imine (C=N–C) groups is 1. The number of amides is 1. The summed E-state index contributed by atoms with van der Waals surface area (Å²) in [6.07, 6.45) is 0.346. The molecule has 0 unspecified atom stereocenters. The molecular weight excluding hydrogens is 380 g/mol. The summed E-state index contributed by atoms with van der Waals surface area (Å²) in [6.45, 7) is 9.46. The Bertz CT molecular complexity index is 842. The van der Waals surface area contributed by atoms with E-state index in [9.17, 15) is 9.90 Å². The lowest BCUT2D eigenvalue weighted by Gasteiger charge is -2.19. The Morgan fingerprint density at radius 1 is 1.07 bits per heavy atom. The number of ether oxygens (including phenoxy) is 1. The van der Waals surface area contributed by atoms with Crippen molar-refractivity contribution >= 4 is 17.7 Å². The first-order valence-corrected chi connectivity index (χ1v) is 10.1. The number of benzene rings is 2. The number of phenolic OH excluding ortho intramolecular Hbond substituents is 1. The first-order chi connectivity index (χ1) is 14.2. The van der Waals surface area contributed by atoms with Crippen LogP contribution in [0, 0.1) is 0 Å². The zero-order valence-corrected chi connectivity index (χ0v) is 18.2. The summed E-state index contributed by atoms with van der Waals surface area (Å²) in [5.74, 6) is 0.967. The molecule has 7 heteroatoms. The van der Waals surface area contributed by atoms with Crippen LogP contribution in [0.1, 0.15) is 38.8 Å². The van der Waals surface area contributed by atoms with E-state index in [-0.39, 0.29) is 5.75 Å². The molecule has 0 fully saturated rings. The number of aromatic hydroxyl groups is 1. The number of hydrogen-bond acceptors (Lipinski definition) is 4. The average Bonchev–Trinajstić information content (AvgIpc) is 2.66. The number of carbonyl (C=O) groups is 1. The molecule has 2 aromatic rings. The number of nitrogens with zero attached hydrogens (tertiary/aromatic N) is 1. The van der Waals surface area contributed by atoms with Crippen molar-refractivity contribution in [3.8, 4) is 5.75 Å². The van der Waals surface area contributed by atoms with Crippen molar-refractivity contribution in [1.82, 2.24) is 10.6 Å². The van der Waals surface area contributed by atoms with Crippen molar-refractivity contribution < 1.29 is 14.6 Å².